The average molecular weight is 339 g/mol. The van der Waals surface area contributed by atoms with Crippen molar-refractivity contribution in [2.45, 2.75) is 32.2 Å². The molecule has 4 aromatic rings. The number of hydrogen-bond donors (Lipinski definition) is 1. The Morgan fingerprint density at radius 1 is 0.654 bits per heavy atom. The molecule has 1 N–H and O–H groups in total. The number of anilines is 1. The van der Waals surface area contributed by atoms with Crippen LogP contribution in [0.25, 0.3) is 21.5 Å². The van der Waals surface area contributed by atoms with Gasteiger partial charge in [0, 0.05) is 10.8 Å². The molecular formula is C25H25N. The molecule has 0 saturated carbocycles. The van der Waals surface area contributed by atoms with Crippen molar-refractivity contribution in [3.05, 3.63) is 90.5 Å². The molecule has 1 nitrogen and oxygen atoms in total. The van der Waals surface area contributed by atoms with Gasteiger partial charge in [-0.25, -0.2) is 0 Å². The van der Waals surface area contributed by atoms with Crippen LogP contribution in [0, 0.1) is 0 Å². The first-order valence-electron chi connectivity index (χ1n) is 9.51. The molecular weight excluding hydrogens is 314 g/mol. The first-order valence-corrected chi connectivity index (χ1v) is 9.51. The summed E-state index contributed by atoms with van der Waals surface area (Å²) in [5.41, 5.74) is 2.52. The lowest BCUT2D eigenvalue weighted by molar-refractivity contribution is 0.456. The van der Waals surface area contributed by atoms with Crippen LogP contribution in [-0.2, 0) is 5.54 Å². The molecule has 0 saturated heterocycles. The van der Waals surface area contributed by atoms with Crippen molar-refractivity contribution >= 4 is 27.2 Å². The molecule has 4 rings (SSSR count). The maximum atomic E-state index is 3.99. The van der Waals surface area contributed by atoms with E-state index in [9.17, 15) is 0 Å². The van der Waals surface area contributed by atoms with Crippen molar-refractivity contribution in [2.24, 2.45) is 0 Å². The van der Waals surface area contributed by atoms with Gasteiger partial charge in [0.1, 0.15) is 0 Å². The molecule has 0 fully saturated rings. The Labute approximate surface area is 155 Å². The average Bonchev–Trinajstić information content (AvgIpc) is 2.72. The smallest absolute Gasteiger partial charge is 0.0620 e. The second-order valence-electron chi connectivity index (χ2n) is 6.97. The standard InChI is InChI=1S/C25H25N/c1-3-25(4-2,21-14-6-5-7-15-21)26-24-22-16-10-8-12-19(22)18-20-13-9-11-17-23(20)24/h5-18,26H,3-4H2,1-2H3. The third kappa shape index (κ3) is 2.74. The first-order chi connectivity index (χ1) is 12.8. The van der Waals surface area contributed by atoms with Crippen LogP contribution in [0.4, 0.5) is 5.69 Å². The van der Waals surface area contributed by atoms with E-state index in [2.05, 4.69) is 104 Å². The molecule has 0 heterocycles. The molecule has 0 aliphatic carbocycles. The van der Waals surface area contributed by atoms with Crippen molar-refractivity contribution < 1.29 is 0 Å². The lowest BCUT2D eigenvalue weighted by atomic mass is 9.83. The summed E-state index contributed by atoms with van der Waals surface area (Å²) in [7, 11) is 0. The third-order valence-electron chi connectivity index (χ3n) is 5.67. The molecule has 26 heavy (non-hydrogen) atoms. The van der Waals surface area contributed by atoms with E-state index >= 15 is 0 Å². The number of nitrogens with one attached hydrogen (secondary N) is 1. The molecule has 4 aromatic carbocycles. The maximum Gasteiger partial charge on any atom is 0.0620 e. The molecule has 0 aliphatic rings. The van der Waals surface area contributed by atoms with E-state index in [1.165, 1.54) is 32.8 Å². The van der Waals surface area contributed by atoms with Gasteiger partial charge in [-0.2, -0.15) is 0 Å². The van der Waals surface area contributed by atoms with E-state index in [1.807, 2.05) is 0 Å². The maximum absolute atomic E-state index is 3.99. The van der Waals surface area contributed by atoms with Crippen LogP contribution in [0.2, 0.25) is 0 Å². The Bertz CT molecular complexity index is 976. The van der Waals surface area contributed by atoms with Gasteiger partial charge >= 0.3 is 0 Å². The summed E-state index contributed by atoms with van der Waals surface area (Å²) in [6.45, 7) is 4.55. The van der Waals surface area contributed by atoms with Gasteiger partial charge in [-0.3, -0.25) is 0 Å². The molecule has 0 spiro atoms. The van der Waals surface area contributed by atoms with Crippen LogP contribution < -0.4 is 5.32 Å². The highest BCUT2D eigenvalue weighted by molar-refractivity contribution is 6.11. The van der Waals surface area contributed by atoms with E-state index in [4.69, 9.17) is 0 Å². The summed E-state index contributed by atoms with van der Waals surface area (Å²) in [5.74, 6) is 0. The van der Waals surface area contributed by atoms with Gasteiger partial charge in [0.2, 0.25) is 0 Å². The minimum absolute atomic E-state index is 0.0752. The normalized spacial score (nSPS) is 11.8. The predicted octanol–water partition coefficient (Wildman–Crippen LogP) is 7.12. The number of hydrogen-bond acceptors (Lipinski definition) is 1. The lowest BCUT2D eigenvalue weighted by Crippen LogP contribution is -2.34. The second kappa shape index (κ2) is 6.84. The summed E-state index contributed by atoms with van der Waals surface area (Å²) in [5, 5.41) is 9.13. The summed E-state index contributed by atoms with van der Waals surface area (Å²) >= 11 is 0. The molecule has 0 aromatic heterocycles. The zero-order valence-electron chi connectivity index (χ0n) is 15.5. The van der Waals surface area contributed by atoms with E-state index in [0.29, 0.717) is 0 Å². The predicted molar refractivity (Wildman–Crippen MR) is 114 cm³/mol. The highest BCUT2D eigenvalue weighted by Crippen LogP contribution is 2.39. The lowest BCUT2D eigenvalue weighted by Gasteiger charge is -2.36. The van der Waals surface area contributed by atoms with Crippen molar-refractivity contribution in [3.8, 4) is 0 Å². The highest BCUT2D eigenvalue weighted by atomic mass is 15.0. The van der Waals surface area contributed by atoms with Crippen molar-refractivity contribution in [3.63, 3.8) is 0 Å². The molecule has 130 valence electrons. The monoisotopic (exact) mass is 339 g/mol. The van der Waals surface area contributed by atoms with Gasteiger partial charge in [0.25, 0.3) is 0 Å². The van der Waals surface area contributed by atoms with E-state index in [1.54, 1.807) is 0 Å². The summed E-state index contributed by atoms with van der Waals surface area (Å²) in [6, 6.07) is 30.5. The molecule has 0 amide bonds. The van der Waals surface area contributed by atoms with Gasteiger partial charge in [-0.15, -0.1) is 0 Å². The van der Waals surface area contributed by atoms with Crippen molar-refractivity contribution in [1.82, 2.24) is 0 Å². The van der Waals surface area contributed by atoms with E-state index in [-0.39, 0.29) is 5.54 Å². The van der Waals surface area contributed by atoms with Gasteiger partial charge in [-0.05, 0) is 35.2 Å². The Hall–Kier alpha value is -2.80. The summed E-state index contributed by atoms with van der Waals surface area (Å²) in [4.78, 5) is 0. The fourth-order valence-corrected chi connectivity index (χ4v) is 4.05. The largest absolute Gasteiger partial charge is 0.375 e. The molecule has 0 bridgehead atoms. The summed E-state index contributed by atoms with van der Waals surface area (Å²) in [6.07, 6.45) is 2.07. The van der Waals surface area contributed by atoms with Gasteiger partial charge in [0.05, 0.1) is 11.2 Å². The topological polar surface area (TPSA) is 12.0 Å². The minimum Gasteiger partial charge on any atom is -0.375 e. The fraction of sp³-hybridized carbons (Fsp3) is 0.200. The SMILES string of the molecule is CCC(CC)(Nc1c2ccccc2cc2ccccc12)c1ccccc1. The van der Waals surface area contributed by atoms with Crippen LogP contribution in [0.3, 0.4) is 0 Å². The molecule has 1 heteroatoms. The Kier molecular flexibility index (Phi) is 4.38. The first kappa shape index (κ1) is 16.7. The Balaban J connectivity index is 1.97. The summed E-state index contributed by atoms with van der Waals surface area (Å²) < 4.78 is 0. The van der Waals surface area contributed by atoms with E-state index < -0.39 is 0 Å². The Morgan fingerprint density at radius 3 is 1.69 bits per heavy atom. The van der Waals surface area contributed by atoms with E-state index in [0.717, 1.165) is 12.8 Å². The van der Waals surface area contributed by atoms with Crippen LogP contribution in [0.5, 0.6) is 0 Å². The second-order valence-corrected chi connectivity index (χ2v) is 6.97. The van der Waals surface area contributed by atoms with Crippen LogP contribution in [-0.4, -0.2) is 0 Å². The molecule has 0 atom stereocenters. The van der Waals surface area contributed by atoms with Crippen LogP contribution >= 0.6 is 0 Å². The number of rotatable bonds is 5. The molecule has 0 unspecified atom stereocenters. The Morgan fingerprint density at radius 2 is 1.15 bits per heavy atom. The zero-order valence-corrected chi connectivity index (χ0v) is 15.5. The van der Waals surface area contributed by atoms with Crippen molar-refractivity contribution in [2.75, 3.05) is 5.32 Å². The fourth-order valence-electron chi connectivity index (χ4n) is 4.05. The molecule has 0 aliphatic heterocycles. The van der Waals surface area contributed by atoms with Gasteiger partial charge < -0.3 is 5.32 Å². The van der Waals surface area contributed by atoms with Gasteiger partial charge in [-0.1, -0.05) is 92.7 Å². The number of benzene rings is 4. The van der Waals surface area contributed by atoms with Crippen molar-refractivity contribution in [1.29, 1.82) is 0 Å². The van der Waals surface area contributed by atoms with Crippen LogP contribution in [0.1, 0.15) is 32.3 Å². The van der Waals surface area contributed by atoms with Crippen LogP contribution in [0.15, 0.2) is 84.9 Å². The minimum atomic E-state index is -0.0752. The number of fused-ring (bicyclic) bond motifs is 2. The quantitative estimate of drug-likeness (QED) is 0.382. The highest BCUT2D eigenvalue weighted by Gasteiger charge is 2.29. The third-order valence-corrected chi connectivity index (χ3v) is 5.67. The zero-order chi connectivity index (χ0) is 18.0. The molecule has 0 radical (unpaired) electrons. The van der Waals surface area contributed by atoms with Gasteiger partial charge in [0.15, 0.2) is 0 Å².